The summed E-state index contributed by atoms with van der Waals surface area (Å²) >= 11 is 0. The second-order valence-electron chi connectivity index (χ2n) is 26.3. The SMILES string of the molecule is CCCCCCCCCC/C=C\CCCCCCCCCCCCCCCCCCCCCCCCCCCCCC(=O)NC(COP(=O)([O-])OCC[N+](C)(C)C)C(O)/C=C/CC/C=C/CCCCCCCCCCCCCCCCC. The van der Waals surface area contributed by atoms with Crippen molar-refractivity contribution < 1.29 is 32.9 Å². The van der Waals surface area contributed by atoms with Gasteiger partial charge in [0.1, 0.15) is 13.2 Å². The Hall–Kier alpha value is -1.28. The van der Waals surface area contributed by atoms with E-state index in [0.29, 0.717) is 17.4 Å². The third-order valence-corrected chi connectivity index (χ3v) is 17.8. The number of rotatable bonds is 68. The molecule has 486 valence electrons. The molecule has 0 aliphatic rings. The molecule has 0 aliphatic carbocycles. The molecule has 3 atom stereocenters. The number of aliphatic hydroxyl groups excluding tert-OH is 1. The van der Waals surface area contributed by atoms with Crippen LogP contribution in [0.5, 0.6) is 0 Å². The van der Waals surface area contributed by atoms with Gasteiger partial charge in [0, 0.05) is 6.42 Å². The molecule has 1 amide bonds. The van der Waals surface area contributed by atoms with Crippen LogP contribution >= 0.6 is 7.82 Å². The number of carbonyl (C=O) groups excluding carboxylic acids is 1. The third kappa shape index (κ3) is 66.2. The number of unbranched alkanes of at least 4 members (excludes halogenated alkanes) is 51. The second kappa shape index (κ2) is 64.2. The summed E-state index contributed by atoms with van der Waals surface area (Å²) in [5.41, 5.74) is 0. The van der Waals surface area contributed by atoms with Crippen molar-refractivity contribution in [2.45, 2.75) is 386 Å². The van der Waals surface area contributed by atoms with Crippen molar-refractivity contribution in [2.24, 2.45) is 0 Å². The molecular formula is C73H143N2O6P. The summed E-state index contributed by atoms with van der Waals surface area (Å²) in [6.45, 7) is 4.68. The lowest BCUT2D eigenvalue weighted by molar-refractivity contribution is -0.870. The minimum Gasteiger partial charge on any atom is -0.756 e. The summed E-state index contributed by atoms with van der Waals surface area (Å²) in [5.74, 6) is -0.199. The van der Waals surface area contributed by atoms with Gasteiger partial charge in [-0.3, -0.25) is 9.36 Å². The first-order chi connectivity index (χ1) is 40.0. The van der Waals surface area contributed by atoms with E-state index in [-0.39, 0.29) is 19.1 Å². The highest BCUT2D eigenvalue weighted by Crippen LogP contribution is 2.38. The molecule has 0 fully saturated rings. The molecule has 9 heteroatoms. The van der Waals surface area contributed by atoms with Crippen molar-refractivity contribution in [1.29, 1.82) is 0 Å². The van der Waals surface area contributed by atoms with Crippen LogP contribution in [0.4, 0.5) is 0 Å². The molecule has 0 saturated carbocycles. The van der Waals surface area contributed by atoms with Gasteiger partial charge in [0.15, 0.2) is 0 Å². The van der Waals surface area contributed by atoms with Gasteiger partial charge in [0.2, 0.25) is 5.91 Å². The van der Waals surface area contributed by atoms with Crippen molar-refractivity contribution in [3.05, 3.63) is 36.5 Å². The molecule has 3 unspecified atom stereocenters. The summed E-state index contributed by atoms with van der Waals surface area (Å²) in [6.07, 6.45) is 85.8. The first-order valence-corrected chi connectivity index (χ1v) is 37.8. The summed E-state index contributed by atoms with van der Waals surface area (Å²) in [6, 6.07) is -0.902. The number of nitrogens with one attached hydrogen (secondary N) is 1. The Morgan fingerprint density at radius 3 is 0.988 bits per heavy atom. The average molecular weight is 1180 g/mol. The zero-order valence-electron chi connectivity index (χ0n) is 55.7. The fourth-order valence-electron chi connectivity index (χ4n) is 11.2. The van der Waals surface area contributed by atoms with Gasteiger partial charge in [-0.1, -0.05) is 346 Å². The Morgan fingerprint density at radius 2 is 0.683 bits per heavy atom. The number of phosphoric ester groups is 1. The lowest BCUT2D eigenvalue weighted by atomic mass is 10.0. The normalized spacial score (nSPS) is 13.8. The van der Waals surface area contributed by atoms with Crippen LogP contribution in [0.1, 0.15) is 373 Å². The maximum atomic E-state index is 13.0. The van der Waals surface area contributed by atoms with Gasteiger partial charge in [-0.15, -0.1) is 0 Å². The number of hydrogen-bond acceptors (Lipinski definition) is 6. The van der Waals surface area contributed by atoms with Crippen molar-refractivity contribution >= 4 is 13.7 Å². The second-order valence-corrected chi connectivity index (χ2v) is 27.7. The Kier molecular flexibility index (Phi) is 63.2. The lowest BCUT2D eigenvalue weighted by Gasteiger charge is -2.29. The van der Waals surface area contributed by atoms with Gasteiger partial charge in [-0.2, -0.15) is 0 Å². The Labute approximate surface area is 512 Å². The summed E-state index contributed by atoms with van der Waals surface area (Å²) in [5, 5.41) is 13.9. The first-order valence-electron chi connectivity index (χ1n) is 36.4. The van der Waals surface area contributed by atoms with E-state index in [2.05, 4.69) is 43.5 Å². The van der Waals surface area contributed by atoms with E-state index in [0.717, 1.165) is 38.5 Å². The van der Waals surface area contributed by atoms with Gasteiger partial charge in [0.25, 0.3) is 7.82 Å². The Morgan fingerprint density at radius 1 is 0.415 bits per heavy atom. The number of allylic oxidation sites excluding steroid dienone is 5. The molecule has 0 rings (SSSR count). The molecule has 0 aliphatic heterocycles. The van der Waals surface area contributed by atoms with Crippen LogP contribution in [0.15, 0.2) is 36.5 Å². The minimum atomic E-state index is -4.61. The van der Waals surface area contributed by atoms with E-state index in [1.54, 1.807) is 6.08 Å². The molecule has 8 nitrogen and oxygen atoms in total. The van der Waals surface area contributed by atoms with Crippen LogP contribution in [-0.4, -0.2) is 68.5 Å². The topological polar surface area (TPSA) is 108 Å². The highest BCUT2D eigenvalue weighted by atomic mass is 31.2. The van der Waals surface area contributed by atoms with Crippen LogP contribution in [-0.2, 0) is 18.4 Å². The van der Waals surface area contributed by atoms with Crippen LogP contribution < -0.4 is 10.2 Å². The number of amides is 1. The largest absolute Gasteiger partial charge is 0.756 e. The minimum absolute atomic E-state index is 0.00414. The summed E-state index contributed by atoms with van der Waals surface area (Å²) in [7, 11) is 1.26. The van der Waals surface area contributed by atoms with E-state index in [1.165, 1.54) is 315 Å². The van der Waals surface area contributed by atoms with Gasteiger partial charge in [0.05, 0.1) is 39.9 Å². The predicted octanol–water partition coefficient (Wildman–Crippen LogP) is 22.6. The van der Waals surface area contributed by atoms with Crippen molar-refractivity contribution in [1.82, 2.24) is 5.32 Å². The fourth-order valence-corrected chi connectivity index (χ4v) is 11.9. The van der Waals surface area contributed by atoms with Gasteiger partial charge in [-0.25, -0.2) is 0 Å². The first kappa shape index (κ1) is 80.7. The average Bonchev–Trinajstić information content (AvgIpc) is 3.46. The molecule has 0 radical (unpaired) electrons. The van der Waals surface area contributed by atoms with E-state index in [9.17, 15) is 19.4 Å². The smallest absolute Gasteiger partial charge is 0.268 e. The van der Waals surface area contributed by atoms with E-state index in [4.69, 9.17) is 9.05 Å². The number of hydrogen-bond donors (Lipinski definition) is 2. The Balaban J connectivity index is 3.94. The number of likely N-dealkylation sites (N-methyl/N-ethyl adjacent to an activating group) is 1. The van der Waals surface area contributed by atoms with Crippen LogP contribution in [0.25, 0.3) is 0 Å². The molecule has 0 aromatic rings. The molecule has 0 aromatic carbocycles. The molecule has 0 aromatic heterocycles. The highest BCUT2D eigenvalue weighted by Gasteiger charge is 2.23. The van der Waals surface area contributed by atoms with Crippen molar-refractivity contribution in [3.8, 4) is 0 Å². The number of carbonyl (C=O) groups is 1. The van der Waals surface area contributed by atoms with E-state index >= 15 is 0 Å². The maximum Gasteiger partial charge on any atom is 0.268 e. The molecule has 2 N–H and O–H groups in total. The monoisotopic (exact) mass is 1180 g/mol. The molecule has 0 saturated heterocycles. The van der Waals surface area contributed by atoms with Gasteiger partial charge in [-0.05, 0) is 57.8 Å². The summed E-state index contributed by atoms with van der Waals surface area (Å²) < 4.78 is 23.4. The standard InChI is InChI=1S/C73H143N2O6P/c1-6-8-10-12-14-16-18-20-22-24-26-28-29-30-31-32-33-34-35-36-37-38-39-40-41-42-43-44-45-47-49-51-53-55-57-59-61-63-65-67-73(77)74-71(70-81-82(78,79)80-69-68-75(3,4)5)72(76)66-64-62-60-58-56-54-52-50-48-46-27-25-23-21-19-17-15-13-11-9-7-2/h24,26,56,58,64,66,71-72,76H,6-23,25,27-55,57,59-63,65,67-70H2,1-5H3,(H-,74,77,78,79)/b26-24-,58-56+,66-64+. The summed E-state index contributed by atoms with van der Waals surface area (Å²) in [4.78, 5) is 25.6. The van der Waals surface area contributed by atoms with Crippen molar-refractivity contribution in [2.75, 3.05) is 40.9 Å². The number of phosphoric acid groups is 1. The zero-order valence-corrected chi connectivity index (χ0v) is 56.6. The maximum absolute atomic E-state index is 13.0. The lowest BCUT2D eigenvalue weighted by Crippen LogP contribution is -2.45. The van der Waals surface area contributed by atoms with Crippen molar-refractivity contribution in [3.63, 3.8) is 0 Å². The van der Waals surface area contributed by atoms with Crippen LogP contribution in [0, 0.1) is 0 Å². The molecule has 0 heterocycles. The molecule has 0 spiro atoms. The molecular weight excluding hydrogens is 1030 g/mol. The Bertz CT molecular complexity index is 1430. The highest BCUT2D eigenvalue weighted by molar-refractivity contribution is 7.45. The van der Waals surface area contributed by atoms with Gasteiger partial charge >= 0.3 is 0 Å². The number of nitrogens with zero attached hydrogens (tertiary/aromatic N) is 1. The predicted molar refractivity (Wildman–Crippen MR) is 358 cm³/mol. The molecule has 0 bridgehead atoms. The van der Waals surface area contributed by atoms with E-state index in [1.807, 2.05) is 27.2 Å². The fraction of sp³-hybridized carbons (Fsp3) is 0.904. The van der Waals surface area contributed by atoms with Crippen LogP contribution in [0.2, 0.25) is 0 Å². The van der Waals surface area contributed by atoms with E-state index < -0.39 is 20.0 Å². The molecule has 82 heavy (non-hydrogen) atoms. The quantitative estimate of drug-likeness (QED) is 0.0272. The van der Waals surface area contributed by atoms with Crippen LogP contribution in [0.3, 0.4) is 0 Å². The number of aliphatic hydroxyl groups is 1. The third-order valence-electron chi connectivity index (χ3n) is 16.8. The number of quaternary nitrogens is 1. The van der Waals surface area contributed by atoms with Gasteiger partial charge < -0.3 is 28.8 Å². The zero-order chi connectivity index (χ0) is 59.8.